The highest BCUT2D eigenvalue weighted by Crippen LogP contribution is 2.25. The second-order valence-electron chi connectivity index (χ2n) is 6.54. The maximum atomic E-state index is 12.5. The molecule has 0 saturated carbocycles. The van der Waals surface area contributed by atoms with Gasteiger partial charge in [0.05, 0.1) is 11.6 Å². The number of carbonyl (C=O) groups excluding carboxylic acids is 1. The Kier molecular flexibility index (Phi) is 4.50. The highest BCUT2D eigenvalue weighted by Gasteiger charge is 2.28. The van der Waals surface area contributed by atoms with Gasteiger partial charge in [-0.1, -0.05) is 0 Å². The lowest BCUT2D eigenvalue weighted by molar-refractivity contribution is 0.0905. The average Bonchev–Trinajstić information content (AvgIpc) is 3.17. The van der Waals surface area contributed by atoms with E-state index in [2.05, 4.69) is 20.7 Å². The number of carbonyl (C=O) groups is 1. The molecule has 2 aromatic heterocycles. The van der Waals surface area contributed by atoms with Crippen molar-refractivity contribution in [3.63, 3.8) is 0 Å². The van der Waals surface area contributed by atoms with E-state index < -0.39 is 5.54 Å². The van der Waals surface area contributed by atoms with E-state index in [1.165, 1.54) is 0 Å². The number of nitrogens with one attached hydrogen (secondary N) is 2. The van der Waals surface area contributed by atoms with Gasteiger partial charge in [-0.05, 0) is 46.2 Å². The molecule has 1 atom stereocenters. The van der Waals surface area contributed by atoms with E-state index in [1.54, 1.807) is 17.4 Å². The zero-order chi connectivity index (χ0) is 16.4. The molecule has 1 fully saturated rings. The number of nitrogens with zero attached hydrogens (tertiary/aromatic N) is 3. The van der Waals surface area contributed by atoms with Gasteiger partial charge in [0, 0.05) is 23.8 Å². The molecule has 0 bridgehead atoms. The summed E-state index contributed by atoms with van der Waals surface area (Å²) in [5.74, 6) is -0.162. The standard InChI is InChI=1S/C16H23N5OS/c1-11-9-18-15(23-11)16(2,3)19-14(22)13-6-8-21(20-13)12-5-4-7-17-10-12/h6,8-9,12,17H,4-5,7,10H2,1-3H3,(H,19,22). The molecule has 0 aromatic carbocycles. The molecular weight excluding hydrogens is 310 g/mol. The normalized spacial score (nSPS) is 18.8. The van der Waals surface area contributed by atoms with E-state index in [1.807, 2.05) is 37.8 Å². The summed E-state index contributed by atoms with van der Waals surface area (Å²) in [6.45, 7) is 7.91. The second kappa shape index (κ2) is 6.41. The third kappa shape index (κ3) is 3.61. The summed E-state index contributed by atoms with van der Waals surface area (Å²) in [6, 6.07) is 2.12. The molecule has 1 saturated heterocycles. The average molecular weight is 333 g/mol. The maximum absolute atomic E-state index is 12.5. The first kappa shape index (κ1) is 16.1. The van der Waals surface area contributed by atoms with Crippen LogP contribution in [0.25, 0.3) is 0 Å². The predicted octanol–water partition coefficient (Wildman–Crippen LogP) is 2.24. The Labute approximate surface area is 140 Å². The summed E-state index contributed by atoms with van der Waals surface area (Å²) in [4.78, 5) is 18.0. The fraction of sp³-hybridized carbons (Fsp3) is 0.562. The highest BCUT2D eigenvalue weighted by atomic mass is 32.1. The van der Waals surface area contributed by atoms with Crippen LogP contribution in [0.2, 0.25) is 0 Å². The Morgan fingerprint density at radius 1 is 1.52 bits per heavy atom. The number of aryl methyl sites for hydroxylation is 1. The van der Waals surface area contributed by atoms with Crippen LogP contribution < -0.4 is 10.6 Å². The summed E-state index contributed by atoms with van der Waals surface area (Å²) in [5, 5.41) is 11.8. The van der Waals surface area contributed by atoms with Crippen molar-refractivity contribution >= 4 is 17.2 Å². The Balaban J connectivity index is 1.69. The number of aromatic nitrogens is 3. The molecule has 2 N–H and O–H groups in total. The van der Waals surface area contributed by atoms with Crippen molar-refractivity contribution in [1.29, 1.82) is 0 Å². The van der Waals surface area contributed by atoms with Crippen molar-refractivity contribution < 1.29 is 4.79 Å². The minimum Gasteiger partial charge on any atom is -0.339 e. The lowest BCUT2D eigenvalue weighted by atomic mass is 10.1. The van der Waals surface area contributed by atoms with Gasteiger partial charge in [-0.3, -0.25) is 9.48 Å². The van der Waals surface area contributed by atoms with Crippen LogP contribution in [0.1, 0.15) is 53.1 Å². The molecule has 7 heteroatoms. The smallest absolute Gasteiger partial charge is 0.272 e. The fourth-order valence-corrected chi connectivity index (χ4v) is 3.59. The molecule has 23 heavy (non-hydrogen) atoms. The highest BCUT2D eigenvalue weighted by molar-refractivity contribution is 7.11. The van der Waals surface area contributed by atoms with Crippen molar-refractivity contribution in [1.82, 2.24) is 25.4 Å². The molecule has 1 aliphatic rings. The van der Waals surface area contributed by atoms with Crippen molar-refractivity contribution in [3.05, 3.63) is 34.0 Å². The molecule has 1 unspecified atom stereocenters. The molecule has 0 radical (unpaired) electrons. The monoisotopic (exact) mass is 333 g/mol. The molecule has 0 aliphatic carbocycles. The van der Waals surface area contributed by atoms with Crippen LogP contribution >= 0.6 is 11.3 Å². The van der Waals surface area contributed by atoms with Crippen molar-refractivity contribution in [3.8, 4) is 0 Å². The quantitative estimate of drug-likeness (QED) is 0.900. The first-order valence-corrected chi connectivity index (χ1v) is 8.78. The molecule has 2 aromatic rings. The first-order chi connectivity index (χ1) is 11.0. The molecule has 1 amide bonds. The molecule has 0 spiro atoms. The number of rotatable bonds is 4. The van der Waals surface area contributed by atoms with Crippen LogP contribution in [0.3, 0.4) is 0 Å². The number of thiazole rings is 1. The molecule has 1 aliphatic heterocycles. The van der Waals surface area contributed by atoms with Gasteiger partial charge in [-0.2, -0.15) is 5.10 Å². The number of piperidine rings is 1. The zero-order valence-corrected chi connectivity index (χ0v) is 14.6. The largest absolute Gasteiger partial charge is 0.339 e. The van der Waals surface area contributed by atoms with Crippen LogP contribution in [0.15, 0.2) is 18.5 Å². The van der Waals surface area contributed by atoms with Crippen molar-refractivity contribution in [2.75, 3.05) is 13.1 Å². The van der Waals surface area contributed by atoms with Gasteiger partial charge in [0.25, 0.3) is 5.91 Å². The molecular formula is C16H23N5OS. The third-order valence-corrected chi connectivity index (χ3v) is 5.30. The first-order valence-electron chi connectivity index (χ1n) is 7.97. The Morgan fingerprint density at radius 3 is 3.00 bits per heavy atom. The predicted molar refractivity (Wildman–Crippen MR) is 90.7 cm³/mol. The summed E-state index contributed by atoms with van der Waals surface area (Å²) < 4.78 is 1.90. The van der Waals surface area contributed by atoms with E-state index in [9.17, 15) is 4.79 Å². The minimum absolute atomic E-state index is 0.162. The van der Waals surface area contributed by atoms with Crippen LogP contribution in [-0.2, 0) is 5.54 Å². The van der Waals surface area contributed by atoms with Crippen LogP contribution in [0.5, 0.6) is 0 Å². The van der Waals surface area contributed by atoms with Gasteiger partial charge >= 0.3 is 0 Å². The van der Waals surface area contributed by atoms with E-state index in [0.29, 0.717) is 11.7 Å². The Hall–Kier alpha value is -1.73. The third-order valence-electron chi connectivity index (χ3n) is 4.07. The van der Waals surface area contributed by atoms with Gasteiger partial charge in [-0.25, -0.2) is 4.98 Å². The molecule has 3 heterocycles. The lowest BCUT2D eigenvalue weighted by Crippen LogP contribution is -2.41. The summed E-state index contributed by atoms with van der Waals surface area (Å²) in [7, 11) is 0. The number of hydrogen-bond acceptors (Lipinski definition) is 5. The Bertz CT molecular complexity index is 684. The second-order valence-corrected chi connectivity index (χ2v) is 7.77. The number of hydrogen-bond donors (Lipinski definition) is 2. The van der Waals surface area contributed by atoms with Gasteiger partial charge in [-0.15, -0.1) is 11.3 Å². The van der Waals surface area contributed by atoms with Crippen LogP contribution in [0, 0.1) is 6.92 Å². The number of amides is 1. The van der Waals surface area contributed by atoms with E-state index in [0.717, 1.165) is 35.8 Å². The van der Waals surface area contributed by atoms with E-state index >= 15 is 0 Å². The van der Waals surface area contributed by atoms with Gasteiger partial charge in [0.2, 0.25) is 0 Å². The van der Waals surface area contributed by atoms with Gasteiger partial charge in [0.1, 0.15) is 10.7 Å². The van der Waals surface area contributed by atoms with Crippen LogP contribution in [0.4, 0.5) is 0 Å². The van der Waals surface area contributed by atoms with Gasteiger partial charge in [0.15, 0.2) is 0 Å². The molecule has 3 rings (SSSR count). The van der Waals surface area contributed by atoms with Crippen LogP contribution in [-0.4, -0.2) is 33.8 Å². The maximum Gasteiger partial charge on any atom is 0.272 e. The van der Waals surface area contributed by atoms with E-state index in [4.69, 9.17) is 0 Å². The van der Waals surface area contributed by atoms with Crippen molar-refractivity contribution in [2.45, 2.75) is 45.2 Å². The van der Waals surface area contributed by atoms with Crippen molar-refractivity contribution in [2.24, 2.45) is 0 Å². The molecule has 124 valence electrons. The zero-order valence-electron chi connectivity index (χ0n) is 13.8. The lowest BCUT2D eigenvalue weighted by Gasteiger charge is -2.24. The van der Waals surface area contributed by atoms with E-state index in [-0.39, 0.29) is 5.91 Å². The Morgan fingerprint density at radius 2 is 2.35 bits per heavy atom. The SMILES string of the molecule is Cc1cnc(C(C)(C)NC(=O)c2ccn(C3CCCNC3)n2)s1. The summed E-state index contributed by atoms with van der Waals surface area (Å²) in [6.07, 6.45) is 5.97. The van der Waals surface area contributed by atoms with Gasteiger partial charge < -0.3 is 10.6 Å². The molecule has 6 nitrogen and oxygen atoms in total. The topological polar surface area (TPSA) is 71.8 Å². The summed E-state index contributed by atoms with van der Waals surface area (Å²) >= 11 is 1.60. The summed E-state index contributed by atoms with van der Waals surface area (Å²) in [5.41, 5.74) is -0.0523. The minimum atomic E-state index is -0.508. The fourth-order valence-electron chi connectivity index (χ4n) is 2.77.